The highest BCUT2D eigenvalue weighted by Crippen LogP contribution is 2.27. The van der Waals surface area contributed by atoms with Gasteiger partial charge in [-0.05, 0) is 139 Å². The van der Waals surface area contributed by atoms with Crippen LogP contribution in [0, 0.1) is 17.8 Å². The van der Waals surface area contributed by atoms with E-state index < -0.39 is 94.0 Å². The minimum absolute atomic E-state index is 0.0156. The Hall–Kier alpha value is -5.46. The summed E-state index contributed by atoms with van der Waals surface area (Å²) in [4.78, 5) is 111. The fourth-order valence-electron chi connectivity index (χ4n) is 8.25. The minimum Gasteiger partial charge on any atom is -0.494 e. The zero-order valence-electron chi connectivity index (χ0n) is 49.0. The first-order valence-corrected chi connectivity index (χ1v) is 27.1. The van der Waals surface area contributed by atoms with Crippen LogP contribution < -0.4 is 31.5 Å². The van der Waals surface area contributed by atoms with Crippen LogP contribution in [0.5, 0.6) is 5.75 Å². The first-order chi connectivity index (χ1) is 36.1. The summed E-state index contributed by atoms with van der Waals surface area (Å²) in [6, 6.07) is 6.25. The Kier molecular flexibility index (Phi) is 28.7. The van der Waals surface area contributed by atoms with Crippen molar-refractivity contribution >= 4 is 47.5 Å². The Labute approximate surface area is 462 Å². The number of hydroxylamine groups is 1. The Morgan fingerprint density at radius 2 is 1.10 bits per heavy atom. The molecule has 7 N–H and O–H groups in total. The van der Waals surface area contributed by atoms with Crippen LogP contribution in [0.15, 0.2) is 24.3 Å². The molecule has 1 aromatic rings. The average molecular weight is 1110 g/mol. The van der Waals surface area contributed by atoms with Gasteiger partial charge in [-0.2, -0.15) is 0 Å². The van der Waals surface area contributed by atoms with Gasteiger partial charge in [0, 0.05) is 45.2 Å². The van der Waals surface area contributed by atoms with Crippen LogP contribution in [0.2, 0.25) is 0 Å². The van der Waals surface area contributed by atoms with Crippen LogP contribution >= 0.6 is 0 Å². The van der Waals surface area contributed by atoms with Gasteiger partial charge in [-0.15, -0.1) is 0 Å². The number of ether oxygens (including phenoxy) is 5. The molecule has 0 saturated heterocycles. The van der Waals surface area contributed by atoms with Crippen LogP contribution in [-0.4, -0.2) is 192 Å². The lowest BCUT2D eigenvalue weighted by molar-refractivity contribution is -0.162. The monoisotopic (exact) mass is 1110 g/mol. The number of rotatable bonds is 27. The summed E-state index contributed by atoms with van der Waals surface area (Å²) >= 11 is 0. The highest BCUT2D eigenvalue weighted by Gasteiger charge is 2.36. The van der Waals surface area contributed by atoms with Crippen LogP contribution in [0.4, 0.5) is 0 Å². The second kappa shape index (κ2) is 32.6. The average Bonchev–Trinajstić information content (AvgIpc) is 3.27. The normalized spacial score (nSPS) is 17.1. The van der Waals surface area contributed by atoms with Crippen molar-refractivity contribution in [1.29, 1.82) is 0 Å². The topological polar surface area (TPSA) is 293 Å². The summed E-state index contributed by atoms with van der Waals surface area (Å²) in [5, 5.41) is 32.3. The van der Waals surface area contributed by atoms with Gasteiger partial charge in [0.1, 0.15) is 34.4 Å². The molecule has 23 heteroatoms. The van der Waals surface area contributed by atoms with Crippen molar-refractivity contribution in [2.75, 3.05) is 85.1 Å². The molecule has 0 aromatic heterocycles. The highest BCUT2D eigenvalue weighted by atomic mass is 16.6. The zero-order chi connectivity index (χ0) is 59.0. The van der Waals surface area contributed by atoms with Crippen molar-refractivity contribution in [1.82, 2.24) is 41.4 Å². The van der Waals surface area contributed by atoms with E-state index in [4.69, 9.17) is 23.7 Å². The molecule has 78 heavy (non-hydrogen) atoms. The number of hydrogen-bond donors (Lipinski definition) is 7. The number of esters is 4. The number of nitrogens with one attached hydrogen (secondary N) is 5. The van der Waals surface area contributed by atoms with Crippen molar-refractivity contribution in [2.24, 2.45) is 17.8 Å². The van der Waals surface area contributed by atoms with Gasteiger partial charge in [-0.25, -0.2) is 5.48 Å². The molecule has 0 radical (unpaired) electrons. The van der Waals surface area contributed by atoms with Gasteiger partial charge in [-0.3, -0.25) is 63.6 Å². The maximum atomic E-state index is 14.0. The molecule has 2 unspecified atom stereocenters. The predicted octanol–water partition coefficient (Wildman–Crippen LogP) is 2.47. The maximum absolute atomic E-state index is 14.0. The smallest absolute Gasteiger partial charge is 0.320 e. The predicted molar refractivity (Wildman–Crippen MR) is 291 cm³/mol. The molecule has 2 heterocycles. The van der Waals surface area contributed by atoms with Crippen molar-refractivity contribution in [3.63, 3.8) is 0 Å². The molecule has 0 fully saturated rings. The largest absolute Gasteiger partial charge is 0.494 e. The fraction of sp³-hybridized carbons (Fsp3) is 0.745. The molecule has 2 aliphatic rings. The first-order valence-electron chi connectivity index (χ1n) is 27.1. The second-order valence-corrected chi connectivity index (χ2v) is 24.2. The molecule has 3 rings (SSSR count). The fourth-order valence-corrected chi connectivity index (χ4v) is 8.25. The van der Waals surface area contributed by atoms with Gasteiger partial charge in [0.2, 0.25) is 23.6 Å². The number of carbonyl (C=O) groups excluding carboxylic acids is 8. The van der Waals surface area contributed by atoms with Crippen molar-refractivity contribution in [3.05, 3.63) is 29.8 Å². The van der Waals surface area contributed by atoms with Crippen molar-refractivity contribution in [2.45, 2.75) is 164 Å². The second-order valence-electron chi connectivity index (χ2n) is 24.2. The number of fused-ring (bicyclic) bond motifs is 11. The standard InChI is InChI=1S/C55H94N8O15/c1-37(2)29-41-40(50(71)60-73)17-15-28-74-39-20-18-38(19-21-39)30-42(59-49(41)70)51(72)58-31-43(64)56-22-16-23-57-44(65)32-61(24-26-62(33-45(66)75-52(3,4)5)34-46(67)76-53(6,7)8)25-27-63(35-47(68)77-54(9,10)11)36-48(69)78-55(12,13)14/h18-21,37,40-42,51,58,72-73H,15-17,22-36H2,1-14H3,(H,56,64)(H,57,65)(H,59,70)(H,60,71)/t40-,41+,42?,51?/m0/s1. The summed E-state index contributed by atoms with van der Waals surface area (Å²) in [5.41, 5.74) is -0.700. The van der Waals surface area contributed by atoms with E-state index in [1.807, 2.05) is 26.0 Å². The number of amides is 4. The van der Waals surface area contributed by atoms with Crippen molar-refractivity contribution < 1.29 is 72.4 Å². The number of aliphatic hydroxyl groups excluding tert-OH is 1. The Morgan fingerprint density at radius 1 is 0.667 bits per heavy atom. The van der Waals surface area contributed by atoms with Crippen LogP contribution in [-0.2, 0) is 63.7 Å². The summed E-state index contributed by atoms with van der Waals surface area (Å²) in [7, 11) is 0. The van der Waals surface area contributed by atoms with Crippen LogP contribution in [0.25, 0.3) is 0 Å². The van der Waals surface area contributed by atoms with Gasteiger partial charge in [0.05, 0.1) is 57.8 Å². The van der Waals surface area contributed by atoms with E-state index in [2.05, 4.69) is 21.3 Å². The number of benzene rings is 1. The van der Waals surface area contributed by atoms with Gasteiger partial charge < -0.3 is 44.7 Å². The highest BCUT2D eigenvalue weighted by molar-refractivity contribution is 5.87. The number of carbonyl (C=O) groups is 8. The number of nitrogens with zero attached hydrogens (tertiary/aromatic N) is 3. The molecule has 2 aliphatic heterocycles. The molecule has 1 aromatic carbocycles. The van der Waals surface area contributed by atoms with E-state index in [0.29, 0.717) is 31.6 Å². The lowest BCUT2D eigenvalue weighted by atomic mass is 9.81. The van der Waals surface area contributed by atoms with E-state index in [1.165, 1.54) is 0 Å². The van der Waals surface area contributed by atoms with E-state index in [0.717, 1.165) is 5.56 Å². The van der Waals surface area contributed by atoms with E-state index >= 15 is 0 Å². The molecule has 0 aliphatic carbocycles. The summed E-state index contributed by atoms with van der Waals surface area (Å²) in [5.74, 6) is -5.41. The maximum Gasteiger partial charge on any atom is 0.320 e. The Morgan fingerprint density at radius 3 is 1.53 bits per heavy atom. The lowest BCUT2D eigenvalue weighted by Crippen LogP contribution is -2.55. The van der Waals surface area contributed by atoms with E-state index in [9.17, 15) is 48.7 Å². The van der Waals surface area contributed by atoms with Gasteiger partial charge in [-0.1, -0.05) is 26.0 Å². The molecule has 23 nitrogen and oxygen atoms in total. The van der Waals surface area contributed by atoms with Crippen molar-refractivity contribution in [3.8, 4) is 5.75 Å². The molecule has 0 saturated carbocycles. The molecular formula is C55H94N8O15. The molecule has 0 spiro atoms. The molecule has 4 amide bonds. The van der Waals surface area contributed by atoms with Crippen LogP contribution in [0.1, 0.15) is 128 Å². The lowest BCUT2D eigenvalue weighted by Gasteiger charge is -2.31. The molecule has 2 bridgehead atoms. The van der Waals surface area contributed by atoms with Gasteiger partial charge >= 0.3 is 23.9 Å². The van der Waals surface area contributed by atoms with E-state index in [-0.39, 0.29) is 97.3 Å². The molecular weight excluding hydrogens is 1010 g/mol. The van der Waals surface area contributed by atoms with Gasteiger partial charge in [0.25, 0.3) is 0 Å². The molecule has 4 atom stereocenters. The SMILES string of the molecule is CC(C)C[C@H]1C(=O)NC(C(O)NCC(=O)NCCCNC(=O)CN(CCN(CC(=O)OC(C)(C)C)CC(=O)OC(C)(C)C)CCN(CC(=O)OC(C)(C)C)CC(=O)OC(C)(C)C)Cc2ccc(cc2)OCCC[C@@H]1C(=O)NO. The number of aliphatic hydroxyl groups is 1. The van der Waals surface area contributed by atoms with Crippen LogP contribution in [0.3, 0.4) is 0 Å². The van der Waals surface area contributed by atoms with Gasteiger partial charge in [0.15, 0.2) is 0 Å². The third-order valence-electron chi connectivity index (χ3n) is 11.4. The third kappa shape index (κ3) is 31.2. The van der Waals surface area contributed by atoms with E-state index in [1.54, 1.807) is 115 Å². The quantitative estimate of drug-likeness (QED) is 0.0166. The first kappa shape index (κ1) is 68.6. The third-order valence-corrected chi connectivity index (χ3v) is 11.4. The summed E-state index contributed by atoms with van der Waals surface area (Å²) in [6.07, 6.45) is 0.104. The minimum atomic E-state index is -1.40. The molecule has 444 valence electrons. The Balaban J connectivity index is 2.20. The number of hydrogen-bond acceptors (Lipinski definition) is 19. The Bertz CT molecular complexity index is 1950. The zero-order valence-corrected chi connectivity index (χ0v) is 49.0. The summed E-state index contributed by atoms with van der Waals surface area (Å²) < 4.78 is 28.1. The summed E-state index contributed by atoms with van der Waals surface area (Å²) in [6.45, 7) is 24.2.